The molecule has 0 bridgehead atoms. The molecule has 0 radical (unpaired) electrons. The summed E-state index contributed by atoms with van der Waals surface area (Å²) in [6, 6.07) is 7.56. The van der Waals surface area contributed by atoms with Gasteiger partial charge in [-0.2, -0.15) is 0 Å². The molecule has 0 saturated carbocycles. The Morgan fingerprint density at radius 2 is 1.88 bits per heavy atom. The second-order valence-corrected chi connectivity index (χ2v) is 10.6. The summed E-state index contributed by atoms with van der Waals surface area (Å²) in [7, 11) is 0. The number of imidazole rings is 1. The molecule has 8 nitrogen and oxygen atoms in total. The van der Waals surface area contributed by atoms with Crippen LogP contribution in [0.4, 0.5) is 0 Å². The number of benzene rings is 1. The van der Waals surface area contributed by atoms with E-state index in [1.807, 2.05) is 49.5 Å². The van der Waals surface area contributed by atoms with Crippen LogP contribution >= 0.6 is 23.5 Å². The van der Waals surface area contributed by atoms with E-state index in [9.17, 15) is 14.4 Å². The Balaban J connectivity index is 1.54. The Bertz CT molecular complexity index is 1240. The number of esters is 1. The van der Waals surface area contributed by atoms with Crippen molar-refractivity contribution >= 4 is 40.7 Å². The van der Waals surface area contributed by atoms with Crippen molar-refractivity contribution in [2.75, 3.05) is 11.5 Å². The number of aromatic amines is 1. The van der Waals surface area contributed by atoms with Crippen LogP contribution < -0.4 is 11.2 Å². The maximum atomic E-state index is 12.7. The van der Waals surface area contributed by atoms with Crippen molar-refractivity contribution in [3.63, 3.8) is 0 Å². The summed E-state index contributed by atoms with van der Waals surface area (Å²) >= 11 is 3.87. The van der Waals surface area contributed by atoms with Gasteiger partial charge in [0.15, 0.2) is 11.2 Å². The highest BCUT2D eigenvalue weighted by atomic mass is 32.2. The van der Waals surface area contributed by atoms with Crippen molar-refractivity contribution in [3.05, 3.63) is 62.1 Å². The van der Waals surface area contributed by atoms with E-state index in [0.717, 1.165) is 24.3 Å². The molecule has 176 valence electrons. The van der Waals surface area contributed by atoms with Crippen LogP contribution in [0.1, 0.15) is 59.4 Å². The zero-order valence-electron chi connectivity index (χ0n) is 18.8. The Morgan fingerprint density at radius 1 is 1.15 bits per heavy atom. The van der Waals surface area contributed by atoms with Gasteiger partial charge in [-0.25, -0.2) is 14.6 Å². The maximum Gasteiger partial charge on any atom is 0.338 e. The Morgan fingerprint density at radius 3 is 2.55 bits per heavy atom. The van der Waals surface area contributed by atoms with Gasteiger partial charge in [0, 0.05) is 13.1 Å². The maximum absolute atomic E-state index is 12.7. The molecule has 33 heavy (non-hydrogen) atoms. The predicted molar refractivity (Wildman–Crippen MR) is 133 cm³/mol. The lowest BCUT2D eigenvalue weighted by Gasteiger charge is -2.21. The molecule has 1 N–H and O–H groups in total. The lowest BCUT2D eigenvalue weighted by Crippen LogP contribution is -2.31. The minimum absolute atomic E-state index is 0.0845. The third-order valence-corrected chi connectivity index (χ3v) is 8.61. The number of unbranched alkanes of at least 4 members (excludes halogenated alkanes) is 1. The SMILES string of the molecule is CCCCn1c(=O)[nH]c(=O)c2c1nc(COC(=O)c1ccc(C3SCCCS3)cc1)n2CC. The normalized spacial score (nSPS) is 14.6. The number of ether oxygens (including phenoxy) is 1. The van der Waals surface area contributed by atoms with E-state index in [4.69, 9.17) is 4.74 Å². The highest BCUT2D eigenvalue weighted by molar-refractivity contribution is 8.16. The molecule has 4 rings (SSSR count). The molecule has 0 aliphatic carbocycles. The van der Waals surface area contributed by atoms with E-state index < -0.39 is 17.2 Å². The molecule has 3 aromatic rings. The lowest BCUT2D eigenvalue weighted by atomic mass is 10.1. The summed E-state index contributed by atoms with van der Waals surface area (Å²) in [5, 5.41) is 0. The molecule has 0 unspecified atom stereocenters. The van der Waals surface area contributed by atoms with Gasteiger partial charge < -0.3 is 9.30 Å². The smallest absolute Gasteiger partial charge is 0.338 e. The van der Waals surface area contributed by atoms with Gasteiger partial charge in [-0.1, -0.05) is 25.5 Å². The van der Waals surface area contributed by atoms with Crippen LogP contribution in [-0.4, -0.2) is 36.6 Å². The van der Waals surface area contributed by atoms with E-state index in [1.54, 1.807) is 16.7 Å². The highest BCUT2D eigenvalue weighted by Gasteiger charge is 2.20. The van der Waals surface area contributed by atoms with Gasteiger partial charge >= 0.3 is 11.7 Å². The molecular weight excluding hydrogens is 460 g/mol. The molecule has 1 aliphatic heterocycles. The fourth-order valence-electron chi connectivity index (χ4n) is 3.86. The summed E-state index contributed by atoms with van der Waals surface area (Å²) in [6.07, 6.45) is 2.93. The number of hydrogen-bond donors (Lipinski definition) is 1. The Hall–Kier alpha value is -2.46. The van der Waals surface area contributed by atoms with Crippen molar-refractivity contribution in [1.29, 1.82) is 0 Å². The topological polar surface area (TPSA) is 99.0 Å². The second kappa shape index (κ2) is 10.6. The van der Waals surface area contributed by atoms with Crippen LogP contribution in [0.2, 0.25) is 0 Å². The first-order valence-electron chi connectivity index (χ1n) is 11.3. The summed E-state index contributed by atoms with van der Waals surface area (Å²) in [4.78, 5) is 44.4. The molecule has 0 spiro atoms. The lowest BCUT2D eigenvalue weighted by molar-refractivity contribution is 0.0458. The number of rotatable bonds is 8. The van der Waals surface area contributed by atoms with Crippen molar-refractivity contribution < 1.29 is 9.53 Å². The summed E-state index contributed by atoms with van der Waals surface area (Å²) in [5.41, 5.74) is 1.38. The first kappa shape index (κ1) is 23.7. The number of carbonyl (C=O) groups is 1. The van der Waals surface area contributed by atoms with Crippen molar-refractivity contribution in [3.8, 4) is 0 Å². The van der Waals surface area contributed by atoms with Crippen molar-refractivity contribution in [2.45, 2.75) is 57.4 Å². The van der Waals surface area contributed by atoms with Crippen molar-refractivity contribution in [1.82, 2.24) is 19.1 Å². The molecule has 0 amide bonds. The van der Waals surface area contributed by atoms with Crippen LogP contribution in [0.25, 0.3) is 11.2 Å². The number of nitrogens with one attached hydrogen (secondary N) is 1. The number of fused-ring (bicyclic) bond motifs is 1. The average Bonchev–Trinajstić information content (AvgIpc) is 3.22. The third kappa shape index (κ3) is 5.06. The molecule has 1 saturated heterocycles. The minimum atomic E-state index is -0.483. The number of thioether (sulfide) groups is 2. The largest absolute Gasteiger partial charge is 0.454 e. The van der Waals surface area contributed by atoms with Crippen LogP contribution in [0.3, 0.4) is 0 Å². The fraction of sp³-hybridized carbons (Fsp3) is 0.478. The molecule has 1 aliphatic rings. The molecular formula is C23H28N4O4S2. The summed E-state index contributed by atoms with van der Waals surface area (Å²) < 4.78 is 9.13. The van der Waals surface area contributed by atoms with Crippen LogP contribution in [0.15, 0.2) is 33.9 Å². The van der Waals surface area contributed by atoms with E-state index in [-0.39, 0.29) is 6.61 Å². The Labute approximate surface area is 200 Å². The number of nitrogens with zero attached hydrogens (tertiary/aromatic N) is 3. The number of H-pyrrole nitrogens is 1. The minimum Gasteiger partial charge on any atom is -0.454 e. The summed E-state index contributed by atoms with van der Waals surface area (Å²) in [6.45, 7) is 4.76. The van der Waals surface area contributed by atoms with Gasteiger partial charge in [0.05, 0.1) is 10.1 Å². The number of carbonyl (C=O) groups excluding carboxylic acids is 1. The molecule has 1 fully saturated rings. The van der Waals surface area contributed by atoms with E-state index in [1.165, 1.54) is 16.6 Å². The standard InChI is InChI=1S/C23H28N4O4S2/c1-3-5-11-27-19-18(20(28)25-23(27)30)26(4-2)17(24-19)14-31-21(29)15-7-9-16(10-8-15)22-32-12-6-13-33-22/h7-10,22H,3-6,11-14H2,1-2H3,(H,25,28,30). The third-order valence-electron chi connectivity index (χ3n) is 5.59. The van der Waals surface area contributed by atoms with Crippen LogP contribution in [-0.2, 0) is 24.4 Å². The quantitative estimate of drug-likeness (QED) is 0.480. The Kier molecular flexibility index (Phi) is 7.64. The van der Waals surface area contributed by atoms with E-state index >= 15 is 0 Å². The zero-order valence-corrected chi connectivity index (χ0v) is 20.5. The van der Waals surface area contributed by atoms with Gasteiger partial charge in [0.1, 0.15) is 12.4 Å². The van der Waals surface area contributed by atoms with Crippen LogP contribution in [0.5, 0.6) is 0 Å². The molecule has 2 aromatic heterocycles. The fourth-order valence-corrected chi connectivity index (χ4v) is 6.76. The predicted octanol–water partition coefficient (Wildman–Crippen LogP) is 3.93. The molecule has 3 heterocycles. The van der Waals surface area contributed by atoms with Gasteiger partial charge in [-0.05, 0) is 49.0 Å². The number of aryl methyl sites for hydroxylation is 2. The van der Waals surface area contributed by atoms with E-state index in [0.29, 0.717) is 40.2 Å². The van der Waals surface area contributed by atoms with Crippen LogP contribution in [0, 0.1) is 0 Å². The highest BCUT2D eigenvalue weighted by Crippen LogP contribution is 2.43. The second-order valence-electron chi connectivity index (χ2n) is 7.83. The van der Waals surface area contributed by atoms with E-state index in [2.05, 4.69) is 9.97 Å². The summed E-state index contributed by atoms with van der Waals surface area (Å²) in [5.74, 6) is 2.32. The molecule has 1 aromatic carbocycles. The monoisotopic (exact) mass is 488 g/mol. The molecule has 10 heteroatoms. The first-order valence-corrected chi connectivity index (χ1v) is 13.4. The molecule has 0 atom stereocenters. The van der Waals surface area contributed by atoms with Gasteiger partial charge in [-0.15, -0.1) is 23.5 Å². The zero-order chi connectivity index (χ0) is 23.4. The van der Waals surface area contributed by atoms with Gasteiger partial charge in [0.25, 0.3) is 5.56 Å². The number of hydrogen-bond acceptors (Lipinski definition) is 7. The van der Waals surface area contributed by atoms with Gasteiger partial charge in [0.2, 0.25) is 0 Å². The average molecular weight is 489 g/mol. The first-order chi connectivity index (χ1) is 16.0. The number of aromatic nitrogens is 4. The van der Waals surface area contributed by atoms with Crippen molar-refractivity contribution in [2.24, 2.45) is 0 Å². The van der Waals surface area contributed by atoms with Gasteiger partial charge in [-0.3, -0.25) is 14.3 Å².